The van der Waals surface area contributed by atoms with Crippen LogP contribution in [0.3, 0.4) is 0 Å². The molecule has 0 bridgehead atoms. The highest BCUT2D eigenvalue weighted by Gasteiger charge is 2.33. The van der Waals surface area contributed by atoms with Crippen molar-refractivity contribution in [2.24, 2.45) is 0 Å². The molecule has 20 heavy (non-hydrogen) atoms. The summed E-state index contributed by atoms with van der Waals surface area (Å²) in [6.45, 7) is 4.10. The molecule has 1 saturated heterocycles. The zero-order valence-electron chi connectivity index (χ0n) is 11.4. The van der Waals surface area contributed by atoms with Crippen LogP contribution >= 0.6 is 11.8 Å². The molecule has 0 saturated carbocycles. The normalized spacial score (nSPS) is 18.4. The van der Waals surface area contributed by atoms with Crippen molar-refractivity contribution >= 4 is 28.5 Å². The Bertz CT molecular complexity index is 535. The van der Waals surface area contributed by atoms with Crippen LogP contribution in [0, 0.1) is 5.82 Å². The van der Waals surface area contributed by atoms with Gasteiger partial charge in [0.15, 0.2) is 10.9 Å². The van der Waals surface area contributed by atoms with Gasteiger partial charge in [-0.15, -0.1) is 0 Å². The SMILES string of the molecule is CCOc1ccc(N2CC(SC(C)=O)CC2=O)c(F)c1. The molecule has 0 aliphatic carbocycles. The van der Waals surface area contributed by atoms with Gasteiger partial charge in [-0.05, 0) is 19.1 Å². The minimum Gasteiger partial charge on any atom is -0.494 e. The van der Waals surface area contributed by atoms with Gasteiger partial charge in [0.25, 0.3) is 0 Å². The third kappa shape index (κ3) is 3.30. The maximum atomic E-state index is 14.0. The van der Waals surface area contributed by atoms with E-state index >= 15 is 0 Å². The van der Waals surface area contributed by atoms with Gasteiger partial charge in [0, 0.05) is 31.2 Å². The molecule has 1 aliphatic rings. The molecule has 6 heteroatoms. The van der Waals surface area contributed by atoms with Crippen LogP contribution < -0.4 is 9.64 Å². The van der Waals surface area contributed by atoms with Crippen molar-refractivity contribution in [3.8, 4) is 5.75 Å². The van der Waals surface area contributed by atoms with Crippen molar-refractivity contribution in [1.82, 2.24) is 0 Å². The number of thioether (sulfide) groups is 1. The lowest BCUT2D eigenvalue weighted by Gasteiger charge is -2.17. The Kier molecular flexibility index (Phi) is 4.65. The Balaban J connectivity index is 2.15. The Morgan fingerprint density at radius 3 is 2.90 bits per heavy atom. The van der Waals surface area contributed by atoms with Crippen LogP contribution in [0.5, 0.6) is 5.75 Å². The predicted octanol–water partition coefficient (Wildman–Crippen LogP) is 2.61. The Morgan fingerprint density at radius 1 is 1.55 bits per heavy atom. The quantitative estimate of drug-likeness (QED) is 0.857. The maximum Gasteiger partial charge on any atom is 0.228 e. The van der Waals surface area contributed by atoms with E-state index in [9.17, 15) is 14.0 Å². The number of amides is 1. The highest BCUT2D eigenvalue weighted by atomic mass is 32.2. The topological polar surface area (TPSA) is 46.6 Å². The molecule has 1 aromatic carbocycles. The smallest absolute Gasteiger partial charge is 0.228 e. The highest BCUT2D eigenvalue weighted by molar-refractivity contribution is 8.14. The van der Waals surface area contributed by atoms with Crippen molar-refractivity contribution < 1.29 is 18.7 Å². The van der Waals surface area contributed by atoms with Gasteiger partial charge in [-0.3, -0.25) is 9.59 Å². The second kappa shape index (κ2) is 6.26. The molecule has 1 amide bonds. The van der Waals surface area contributed by atoms with E-state index in [-0.39, 0.29) is 28.4 Å². The summed E-state index contributed by atoms with van der Waals surface area (Å²) < 4.78 is 19.3. The van der Waals surface area contributed by atoms with Crippen molar-refractivity contribution in [1.29, 1.82) is 0 Å². The first-order valence-electron chi connectivity index (χ1n) is 6.41. The van der Waals surface area contributed by atoms with E-state index in [0.29, 0.717) is 18.9 Å². The van der Waals surface area contributed by atoms with Crippen LogP contribution in [0.25, 0.3) is 0 Å². The summed E-state index contributed by atoms with van der Waals surface area (Å²) in [6.07, 6.45) is 0.261. The molecule has 1 heterocycles. The highest BCUT2D eigenvalue weighted by Crippen LogP contribution is 2.31. The molecule has 0 aromatic heterocycles. The first-order valence-corrected chi connectivity index (χ1v) is 7.29. The summed E-state index contributed by atoms with van der Waals surface area (Å²) in [7, 11) is 0. The number of hydrogen-bond acceptors (Lipinski definition) is 4. The number of nitrogens with zero attached hydrogens (tertiary/aromatic N) is 1. The predicted molar refractivity (Wildman–Crippen MR) is 76.6 cm³/mol. The number of benzene rings is 1. The van der Waals surface area contributed by atoms with E-state index in [0.717, 1.165) is 11.8 Å². The summed E-state index contributed by atoms with van der Waals surface area (Å²) in [6, 6.07) is 4.46. The van der Waals surface area contributed by atoms with Crippen LogP contribution in [0.4, 0.5) is 10.1 Å². The average Bonchev–Trinajstić information content (AvgIpc) is 2.70. The van der Waals surface area contributed by atoms with Gasteiger partial charge >= 0.3 is 0 Å². The molecule has 0 N–H and O–H groups in total. The molecule has 4 nitrogen and oxygen atoms in total. The van der Waals surface area contributed by atoms with Crippen molar-refractivity contribution in [2.75, 3.05) is 18.1 Å². The van der Waals surface area contributed by atoms with Gasteiger partial charge in [0.2, 0.25) is 5.91 Å². The maximum absolute atomic E-state index is 14.0. The largest absolute Gasteiger partial charge is 0.494 e. The van der Waals surface area contributed by atoms with Crippen LogP contribution in [0.15, 0.2) is 18.2 Å². The van der Waals surface area contributed by atoms with Gasteiger partial charge < -0.3 is 9.64 Å². The van der Waals surface area contributed by atoms with Crippen LogP contribution in [-0.2, 0) is 9.59 Å². The van der Waals surface area contributed by atoms with E-state index in [1.54, 1.807) is 12.1 Å². The third-order valence-electron chi connectivity index (χ3n) is 2.94. The van der Waals surface area contributed by atoms with Crippen LogP contribution in [0.2, 0.25) is 0 Å². The molecule has 1 fully saturated rings. The fourth-order valence-electron chi connectivity index (χ4n) is 2.18. The number of rotatable bonds is 4. The minimum atomic E-state index is -0.488. The van der Waals surface area contributed by atoms with E-state index in [1.807, 2.05) is 6.92 Å². The fourth-order valence-corrected chi connectivity index (χ4v) is 3.10. The molecule has 2 rings (SSSR count). The summed E-state index contributed by atoms with van der Waals surface area (Å²) in [5.74, 6) is -0.209. The van der Waals surface area contributed by atoms with Gasteiger partial charge in [-0.2, -0.15) is 0 Å². The first kappa shape index (κ1) is 14.8. The van der Waals surface area contributed by atoms with Crippen LogP contribution in [0.1, 0.15) is 20.3 Å². The summed E-state index contributed by atoms with van der Waals surface area (Å²) >= 11 is 1.13. The Hall–Kier alpha value is -1.56. The van der Waals surface area contributed by atoms with Gasteiger partial charge in [0.1, 0.15) is 5.75 Å². The first-order chi connectivity index (χ1) is 9.51. The second-order valence-electron chi connectivity index (χ2n) is 4.49. The van der Waals surface area contributed by atoms with E-state index in [4.69, 9.17) is 4.74 Å². The van der Waals surface area contributed by atoms with Gasteiger partial charge in [0.05, 0.1) is 12.3 Å². The van der Waals surface area contributed by atoms with Gasteiger partial charge in [-0.25, -0.2) is 4.39 Å². The van der Waals surface area contributed by atoms with E-state index < -0.39 is 5.82 Å². The number of carbonyl (C=O) groups is 2. The van der Waals surface area contributed by atoms with Gasteiger partial charge in [-0.1, -0.05) is 11.8 Å². The monoisotopic (exact) mass is 297 g/mol. The average molecular weight is 297 g/mol. The van der Waals surface area contributed by atoms with Crippen molar-refractivity contribution in [2.45, 2.75) is 25.5 Å². The lowest BCUT2D eigenvalue weighted by atomic mass is 10.2. The summed E-state index contributed by atoms with van der Waals surface area (Å²) in [5.41, 5.74) is 0.241. The zero-order chi connectivity index (χ0) is 14.7. The lowest BCUT2D eigenvalue weighted by Crippen LogP contribution is -2.26. The minimum absolute atomic E-state index is 0.0307. The molecule has 1 unspecified atom stereocenters. The lowest BCUT2D eigenvalue weighted by molar-refractivity contribution is -0.117. The number of anilines is 1. The Labute approximate surface area is 121 Å². The number of carbonyl (C=O) groups excluding carboxylic acids is 2. The van der Waals surface area contributed by atoms with Crippen LogP contribution in [-0.4, -0.2) is 29.4 Å². The van der Waals surface area contributed by atoms with Crippen molar-refractivity contribution in [3.63, 3.8) is 0 Å². The molecule has 1 aromatic rings. The zero-order valence-corrected chi connectivity index (χ0v) is 12.2. The Morgan fingerprint density at radius 2 is 2.30 bits per heavy atom. The fraction of sp³-hybridized carbons (Fsp3) is 0.429. The molecule has 1 atom stereocenters. The number of halogens is 1. The summed E-state index contributed by atoms with van der Waals surface area (Å²) in [5, 5.41) is -0.136. The number of hydrogen-bond donors (Lipinski definition) is 0. The van der Waals surface area contributed by atoms with E-state index in [1.165, 1.54) is 17.9 Å². The van der Waals surface area contributed by atoms with E-state index in [2.05, 4.69) is 0 Å². The molecular weight excluding hydrogens is 281 g/mol. The summed E-state index contributed by atoms with van der Waals surface area (Å²) in [4.78, 5) is 24.4. The number of ether oxygens (including phenoxy) is 1. The second-order valence-corrected chi connectivity index (χ2v) is 5.96. The molecular formula is C14H16FNO3S. The molecule has 1 aliphatic heterocycles. The third-order valence-corrected chi connectivity index (χ3v) is 3.92. The molecule has 108 valence electrons. The molecule has 0 spiro atoms. The standard InChI is InChI=1S/C14H16FNO3S/c1-3-19-10-4-5-13(12(15)6-10)16-8-11(7-14(16)18)20-9(2)17/h4-6,11H,3,7-8H2,1-2H3. The molecule has 0 radical (unpaired) electrons. The van der Waals surface area contributed by atoms with Crippen molar-refractivity contribution in [3.05, 3.63) is 24.0 Å².